The molecule has 0 radical (unpaired) electrons. The minimum Gasteiger partial charge on any atom is -0.493 e. The van der Waals surface area contributed by atoms with Crippen LogP contribution in [0.3, 0.4) is 0 Å². The number of ether oxygens (including phenoxy) is 4. The molecule has 0 aliphatic heterocycles. The Morgan fingerprint density at radius 3 is 2.36 bits per heavy atom. The average Bonchev–Trinajstić information content (AvgIpc) is 3.04. The van der Waals surface area contributed by atoms with Gasteiger partial charge in [-0.25, -0.2) is 9.59 Å². The van der Waals surface area contributed by atoms with Crippen molar-refractivity contribution in [2.75, 3.05) is 27.9 Å². The molecule has 3 aromatic rings. The number of H-pyrrole nitrogens is 1. The molecule has 0 aliphatic rings. The number of rotatable bonds is 8. The van der Waals surface area contributed by atoms with Gasteiger partial charge in [0.25, 0.3) is 0 Å². The quantitative estimate of drug-likeness (QED) is 0.473. The van der Waals surface area contributed by atoms with Crippen LogP contribution in [0.25, 0.3) is 11.0 Å². The standard InChI is InChI=1S/C20H22N2O6/c1-25-16-11-13(12-17(26-2)18(16)27-3)19(23)28-10-6-9-22-15-8-5-4-7-14(15)21-20(22)24/h4-5,7-8,11-12H,6,9-10H2,1-3H3,(H,21,24). The normalized spacial score (nSPS) is 10.7. The third-order valence-electron chi connectivity index (χ3n) is 4.34. The summed E-state index contributed by atoms with van der Waals surface area (Å²) >= 11 is 0. The van der Waals surface area contributed by atoms with E-state index in [-0.39, 0.29) is 12.3 Å². The first-order valence-electron chi connectivity index (χ1n) is 8.73. The van der Waals surface area contributed by atoms with E-state index in [2.05, 4.69) is 4.98 Å². The fraction of sp³-hybridized carbons (Fsp3) is 0.300. The molecular formula is C20H22N2O6. The zero-order chi connectivity index (χ0) is 20.1. The topological polar surface area (TPSA) is 91.8 Å². The maximum atomic E-state index is 12.4. The molecule has 8 heteroatoms. The highest BCUT2D eigenvalue weighted by atomic mass is 16.5. The number of hydrogen-bond acceptors (Lipinski definition) is 6. The van der Waals surface area contributed by atoms with Crippen LogP contribution in [0.15, 0.2) is 41.2 Å². The molecule has 0 aliphatic carbocycles. The minimum atomic E-state index is -0.509. The summed E-state index contributed by atoms with van der Waals surface area (Å²) in [7, 11) is 4.45. The fourth-order valence-corrected chi connectivity index (χ4v) is 3.00. The van der Waals surface area contributed by atoms with Gasteiger partial charge in [0.1, 0.15) is 0 Å². The number of benzene rings is 2. The predicted molar refractivity (Wildman–Crippen MR) is 104 cm³/mol. The predicted octanol–water partition coefficient (Wildman–Crippen LogP) is 2.60. The van der Waals surface area contributed by atoms with Crippen LogP contribution >= 0.6 is 0 Å². The van der Waals surface area contributed by atoms with E-state index in [0.29, 0.717) is 35.8 Å². The van der Waals surface area contributed by atoms with Crippen LogP contribution in [0, 0.1) is 0 Å². The molecule has 1 N–H and O–H groups in total. The highest BCUT2D eigenvalue weighted by Crippen LogP contribution is 2.38. The maximum Gasteiger partial charge on any atom is 0.338 e. The molecule has 2 aromatic carbocycles. The fourth-order valence-electron chi connectivity index (χ4n) is 3.00. The molecular weight excluding hydrogens is 364 g/mol. The van der Waals surface area contributed by atoms with Crippen molar-refractivity contribution >= 4 is 17.0 Å². The monoisotopic (exact) mass is 386 g/mol. The smallest absolute Gasteiger partial charge is 0.338 e. The van der Waals surface area contributed by atoms with E-state index in [1.165, 1.54) is 33.5 Å². The molecule has 1 heterocycles. The van der Waals surface area contributed by atoms with Crippen molar-refractivity contribution in [3.8, 4) is 17.2 Å². The van der Waals surface area contributed by atoms with Gasteiger partial charge in [0.05, 0.1) is 44.5 Å². The summed E-state index contributed by atoms with van der Waals surface area (Å²) < 4.78 is 22.7. The van der Waals surface area contributed by atoms with E-state index in [0.717, 1.165) is 11.0 Å². The lowest BCUT2D eigenvalue weighted by atomic mass is 10.2. The summed E-state index contributed by atoms with van der Waals surface area (Å²) in [5.74, 6) is 0.643. The lowest BCUT2D eigenvalue weighted by Gasteiger charge is -2.13. The number of aromatic amines is 1. The van der Waals surface area contributed by atoms with Gasteiger partial charge in [0, 0.05) is 6.54 Å². The Morgan fingerprint density at radius 1 is 1.04 bits per heavy atom. The van der Waals surface area contributed by atoms with Gasteiger partial charge in [0.2, 0.25) is 5.75 Å². The minimum absolute atomic E-state index is 0.168. The second-order valence-electron chi connectivity index (χ2n) is 6.00. The summed E-state index contributed by atoms with van der Waals surface area (Å²) in [4.78, 5) is 27.2. The number of para-hydroxylation sites is 2. The summed E-state index contributed by atoms with van der Waals surface area (Å²) in [5.41, 5.74) is 1.71. The number of methoxy groups -OCH3 is 3. The first kappa shape index (κ1) is 19.3. The van der Waals surface area contributed by atoms with Gasteiger partial charge in [-0.05, 0) is 30.7 Å². The van der Waals surface area contributed by atoms with Gasteiger partial charge >= 0.3 is 11.7 Å². The van der Waals surface area contributed by atoms with Gasteiger partial charge in [-0.3, -0.25) is 4.57 Å². The maximum absolute atomic E-state index is 12.4. The summed E-state index contributed by atoms with van der Waals surface area (Å²) in [6.45, 7) is 0.604. The Kier molecular flexibility index (Phi) is 5.88. The van der Waals surface area contributed by atoms with E-state index in [9.17, 15) is 9.59 Å². The SMILES string of the molecule is COc1cc(C(=O)OCCCn2c(=O)[nH]c3ccccc32)cc(OC)c1OC. The zero-order valence-corrected chi connectivity index (χ0v) is 16.0. The van der Waals surface area contributed by atoms with Gasteiger partial charge in [-0.15, -0.1) is 0 Å². The number of nitrogens with one attached hydrogen (secondary N) is 1. The lowest BCUT2D eigenvalue weighted by molar-refractivity contribution is 0.0495. The molecule has 8 nitrogen and oxygen atoms in total. The van der Waals surface area contributed by atoms with Crippen molar-refractivity contribution in [2.24, 2.45) is 0 Å². The highest BCUT2D eigenvalue weighted by molar-refractivity contribution is 5.91. The van der Waals surface area contributed by atoms with Gasteiger partial charge in [-0.2, -0.15) is 0 Å². The largest absolute Gasteiger partial charge is 0.493 e. The number of aromatic nitrogens is 2. The molecule has 28 heavy (non-hydrogen) atoms. The number of imidazole rings is 1. The molecule has 1 aromatic heterocycles. The van der Waals surface area contributed by atoms with E-state index in [1.807, 2.05) is 24.3 Å². The van der Waals surface area contributed by atoms with Gasteiger partial charge in [0.15, 0.2) is 11.5 Å². The van der Waals surface area contributed by atoms with Gasteiger partial charge in [-0.1, -0.05) is 12.1 Å². The number of hydrogen-bond donors (Lipinski definition) is 1. The number of esters is 1. The number of fused-ring (bicyclic) bond motifs is 1. The third-order valence-corrected chi connectivity index (χ3v) is 4.34. The van der Waals surface area contributed by atoms with Crippen molar-refractivity contribution in [3.63, 3.8) is 0 Å². The molecule has 0 spiro atoms. The van der Waals surface area contributed by atoms with Crippen molar-refractivity contribution < 1.29 is 23.7 Å². The van der Waals surface area contributed by atoms with Crippen LogP contribution in [0.1, 0.15) is 16.8 Å². The van der Waals surface area contributed by atoms with Crippen molar-refractivity contribution in [2.45, 2.75) is 13.0 Å². The number of carbonyl (C=O) groups excluding carboxylic acids is 1. The number of nitrogens with zero attached hydrogens (tertiary/aromatic N) is 1. The Bertz CT molecular complexity index is 1010. The third kappa shape index (κ3) is 3.80. The Morgan fingerprint density at radius 2 is 1.71 bits per heavy atom. The summed E-state index contributed by atoms with van der Waals surface area (Å²) in [6.07, 6.45) is 0.498. The Balaban J connectivity index is 1.64. The average molecular weight is 386 g/mol. The number of carbonyl (C=O) groups is 1. The van der Waals surface area contributed by atoms with Crippen LogP contribution in [-0.4, -0.2) is 43.5 Å². The highest BCUT2D eigenvalue weighted by Gasteiger charge is 2.18. The first-order chi connectivity index (χ1) is 13.6. The van der Waals surface area contributed by atoms with E-state index >= 15 is 0 Å². The van der Waals surface area contributed by atoms with Crippen LogP contribution in [0.2, 0.25) is 0 Å². The molecule has 0 bridgehead atoms. The summed E-state index contributed by atoms with van der Waals surface area (Å²) in [6, 6.07) is 10.5. The van der Waals surface area contributed by atoms with E-state index in [1.54, 1.807) is 4.57 Å². The molecule has 3 rings (SSSR count). The second kappa shape index (κ2) is 8.51. The Hall–Kier alpha value is -3.42. The van der Waals surface area contributed by atoms with Crippen molar-refractivity contribution in [1.82, 2.24) is 9.55 Å². The zero-order valence-electron chi connectivity index (χ0n) is 16.0. The molecule has 148 valence electrons. The molecule has 0 fully saturated rings. The van der Waals surface area contributed by atoms with Gasteiger partial charge < -0.3 is 23.9 Å². The van der Waals surface area contributed by atoms with Crippen LogP contribution in [0.5, 0.6) is 17.2 Å². The lowest BCUT2D eigenvalue weighted by Crippen LogP contribution is -2.18. The van der Waals surface area contributed by atoms with Crippen LogP contribution in [-0.2, 0) is 11.3 Å². The summed E-state index contributed by atoms with van der Waals surface area (Å²) in [5, 5.41) is 0. The van der Waals surface area contributed by atoms with Crippen molar-refractivity contribution in [3.05, 3.63) is 52.4 Å². The number of aryl methyl sites for hydroxylation is 1. The molecule has 0 saturated heterocycles. The van der Waals surface area contributed by atoms with E-state index < -0.39 is 5.97 Å². The molecule has 0 amide bonds. The first-order valence-corrected chi connectivity index (χ1v) is 8.73. The second-order valence-corrected chi connectivity index (χ2v) is 6.00. The Labute approximate surface area is 161 Å². The van der Waals surface area contributed by atoms with Crippen molar-refractivity contribution in [1.29, 1.82) is 0 Å². The molecule has 0 saturated carbocycles. The molecule has 0 atom stereocenters. The molecule has 0 unspecified atom stereocenters. The van der Waals surface area contributed by atoms with Crippen LogP contribution in [0.4, 0.5) is 0 Å². The van der Waals surface area contributed by atoms with Crippen LogP contribution < -0.4 is 19.9 Å². The van der Waals surface area contributed by atoms with E-state index in [4.69, 9.17) is 18.9 Å².